The standard InChI is InChI=1S/C8H17NO.C7H12F3N.C2H6/c1-9-6-3-2-4-8(9)5-7-10;1-11-4-2-6(3-5-11)7(8,9)10;1-2/h8,10H,2-7H2,1H3;6H,2-5H2,1H3;1-2H3. The Balaban J connectivity index is 0.000000381. The van der Waals surface area contributed by atoms with E-state index in [2.05, 4.69) is 11.9 Å². The van der Waals surface area contributed by atoms with Crippen molar-refractivity contribution in [3.8, 4) is 0 Å². The molecule has 0 aromatic heterocycles. The van der Waals surface area contributed by atoms with E-state index >= 15 is 0 Å². The molecule has 3 nitrogen and oxygen atoms in total. The lowest BCUT2D eigenvalue weighted by atomic mass is 9.97. The minimum absolute atomic E-state index is 0.264. The van der Waals surface area contributed by atoms with Gasteiger partial charge in [0.15, 0.2) is 0 Å². The van der Waals surface area contributed by atoms with Gasteiger partial charge < -0.3 is 14.9 Å². The summed E-state index contributed by atoms with van der Waals surface area (Å²) in [6, 6.07) is 0.652. The van der Waals surface area contributed by atoms with Crippen molar-refractivity contribution in [3.05, 3.63) is 0 Å². The first-order valence-electron chi connectivity index (χ1n) is 8.91. The molecule has 1 N–H and O–H groups in total. The Labute approximate surface area is 139 Å². The van der Waals surface area contributed by atoms with Crippen LogP contribution in [0.1, 0.15) is 52.4 Å². The normalized spacial score (nSPS) is 24.3. The SMILES string of the molecule is CC.CN1CCC(C(F)(F)F)CC1.CN1CCCCC1CCO. The van der Waals surface area contributed by atoms with Gasteiger partial charge in [0.25, 0.3) is 0 Å². The Hall–Kier alpha value is -0.330. The number of hydrogen-bond acceptors (Lipinski definition) is 3. The fourth-order valence-corrected chi connectivity index (χ4v) is 2.99. The maximum Gasteiger partial charge on any atom is 0.391 e. The first-order valence-corrected chi connectivity index (χ1v) is 8.91. The van der Waals surface area contributed by atoms with Gasteiger partial charge in [-0.15, -0.1) is 0 Å². The van der Waals surface area contributed by atoms with E-state index in [9.17, 15) is 13.2 Å². The second-order valence-corrected chi connectivity index (χ2v) is 6.26. The molecule has 0 bridgehead atoms. The van der Waals surface area contributed by atoms with Crippen LogP contribution in [0.15, 0.2) is 0 Å². The molecule has 2 aliphatic heterocycles. The lowest BCUT2D eigenvalue weighted by molar-refractivity contribution is -0.184. The smallest absolute Gasteiger partial charge is 0.391 e. The molecular weight excluding hydrogens is 305 g/mol. The van der Waals surface area contributed by atoms with Crippen molar-refractivity contribution < 1.29 is 18.3 Å². The van der Waals surface area contributed by atoms with Crippen LogP contribution in [-0.4, -0.2) is 67.5 Å². The predicted octanol–water partition coefficient (Wildman–Crippen LogP) is 3.77. The zero-order chi connectivity index (χ0) is 17.9. The van der Waals surface area contributed by atoms with Gasteiger partial charge in [0.1, 0.15) is 0 Å². The minimum atomic E-state index is -3.97. The zero-order valence-corrected chi connectivity index (χ0v) is 15.2. The van der Waals surface area contributed by atoms with E-state index < -0.39 is 12.1 Å². The molecule has 1 unspecified atom stereocenters. The second-order valence-electron chi connectivity index (χ2n) is 6.26. The number of piperidine rings is 2. The first kappa shape index (κ1) is 22.7. The fourth-order valence-electron chi connectivity index (χ4n) is 2.99. The van der Waals surface area contributed by atoms with Gasteiger partial charge >= 0.3 is 6.18 Å². The third-order valence-corrected chi connectivity index (χ3v) is 4.57. The number of rotatable bonds is 2. The molecule has 0 radical (unpaired) electrons. The van der Waals surface area contributed by atoms with E-state index in [0.717, 1.165) is 6.42 Å². The highest BCUT2D eigenvalue weighted by atomic mass is 19.4. The van der Waals surface area contributed by atoms with Crippen LogP contribution in [0, 0.1) is 5.92 Å². The monoisotopic (exact) mass is 340 g/mol. The Bertz CT molecular complexity index is 278. The van der Waals surface area contributed by atoms with Crippen molar-refractivity contribution in [1.29, 1.82) is 0 Å². The molecule has 0 amide bonds. The summed E-state index contributed by atoms with van der Waals surface area (Å²) in [5, 5.41) is 8.71. The van der Waals surface area contributed by atoms with Crippen LogP contribution in [0.4, 0.5) is 13.2 Å². The van der Waals surface area contributed by atoms with Crippen molar-refractivity contribution >= 4 is 0 Å². The van der Waals surface area contributed by atoms with Crippen LogP contribution in [0.3, 0.4) is 0 Å². The lowest BCUT2D eigenvalue weighted by Crippen LogP contribution is -2.36. The molecule has 0 aromatic rings. The molecule has 0 spiro atoms. The van der Waals surface area contributed by atoms with E-state index in [4.69, 9.17) is 5.11 Å². The molecule has 0 aromatic carbocycles. The molecule has 2 saturated heterocycles. The van der Waals surface area contributed by atoms with E-state index in [0.29, 0.717) is 25.7 Å². The average Bonchev–Trinajstić information content (AvgIpc) is 2.52. The molecular formula is C17H35F3N2O. The third kappa shape index (κ3) is 9.52. The van der Waals surface area contributed by atoms with Crippen LogP contribution >= 0.6 is 0 Å². The van der Waals surface area contributed by atoms with Crippen LogP contribution in [0.2, 0.25) is 0 Å². The topological polar surface area (TPSA) is 26.7 Å². The van der Waals surface area contributed by atoms with Crippen molar-refractivity contribution in [3.63, 3.8) is 0 Å². The highest BCUT2D eigenvalue weighted by Gasteiger charge is 2.40. The first-order chi connectivity index (χ1) is 10.8. The summed E-state index contributed by atoms with van der Waals surface area (Å²) in [6.07, 6.45) is 1.46. The summed E-state index contributed by atoms with van der Waals surface area (Å²) in [5.74, 6) is -1.06. The molecule has 0 saturated carbocycles. The van der Waals surface area contributed by atoms with Crippen molar-refractivity contribution in [2.45, 2.75) is 64.6 Å². The Morgan fingerprint density at radius 3 is 1.96 bits per heavy atom. The molecule has 6 heteroatoms. The van der Waals surface area contributed by atoms with Gasteiger partial charge in [-0.05, 0) is 65.8 Å². The van der Waals surface area contributed by atoms with Gasteiger partial charge in [-0.25, -0.2) is 0 Å². The molecule has 23 heavy (non-hydrogen) atoms. The summed E-state index contributed by atoms with van der Waals surface area (Å²) in [7, 11) is 4.01. The Morgan fingerprint density at radius 1 is 0.957 bits per heavy atom. The molecule has 140 valence electrons. The fraction of sp³-hybridized carbons (Fsp3) is 1.00. The molecule has 0 aliphatic carbocycles. The number of aliphatic hydroxyl groups excluding tert-OH is 1. The quantitative estimate of drug-likeness (QED) is 0.829. The van der Waals surface area contributed by atoms with Crippen LogP contribution in [0.25, 0.3) is 0 Å². The second kappa shape index (κ2) is 12.1. The summed E-state index contributed by atoms with van der Waals surface area (Å²) >= 11 is 0. The van der Waals surface area contributed by atoms with Gasteiger partial charge in [0, 0.05) is 12.6 Å². The van der Waals surface area contributed by atoms with Crippen LogP contribution in [0.5, 0.6) is 0 Å². The van der Waals surface area contributed by atoms with Crippen LogP contribution in [-0.2, 0) is 0 Å². The van der Waals surface area contributed by atoms with Gasteiger partial charge in [-0.3, -0.25) is 0 Å². The summed E-state index contributed by atoms with van der Waals surface area (Å²) in [6.45, 7) is 6.70. The summed E-state index contributed by atoms with van der Waals surface area (Å²) in [5.41, 5.74) is 0. The molecule has 2 fully saturated rings. The lowest BCUT2D eigenvalue weighted by Gasteiger charge is -2.31. The Morgan fingerprint density at radius 2 is 1.52 bits per heavy atom. The number of halogens is 3. The van der Waals surface area contributed by atoms with Gasteiger partial charge in [-0.2, -0.15) is 13.2 Å². The number of aliphatic hydroxyl groups is 1. The highest BCUT2D eigenvalue weighted by Crippen LogP contribution is 2.33. The van der Waals surface area contributed by atoms with Crippen LogP contribution < -0.4 is 0 Å². The van der Waals surface area contributed by atoms with E-state index in [1.807, 2.05) is 25.8 Å². The summed E-state index contributed by atoms with van der Waals surface area (Å²) in [4.78, 5) is 4.29. The number of likely N-dealkylation sites (tertiary alicyclic amines) is 2. The molecule has 2 aliphatic rings. The minimum Gasteiger partial charge on any atom is -0.396 e. The number of nitrogens with zero attached hydrogens (tertiary/aromatic N) is 2. The average molecular weight is 340 g/mol. The highest BCUT2D eigenvalue weighted by molar-refractivity contribution is 4.75. The summed E-state index contributed by atoms with van der Waals surface area (Å²) < 4.78 is 36.1. The zero-order valence-electron chi connectivity index (χ0n) is 15.2. The van der Waals surface area contributed by atoms with E-state index in [1.54, 1.807) is 0 Å². The van der Waals surface area contributed by atoms with Crippen molar-refractivity contribution in [2.24, 2.45) is 5.92 Å². The third-order valence-electron chi connectivity index (χ3n) is 4.57. The Kier molecular flexibility index (Phi) is 11.9. The van der Waals surface area contributed by atoms with Crippen molar-refractivity contribution in [2.75, 3.05) is 40.3 Å². The maximum atomic E-state index is 12.0. The largest absolute Gasteiger partial charge is 0.396 e. The van der Waals surface area contributed by atoms with E-state index in [-0.39, 0.29) is 12.8 Å². The van der Waals surface area contributed by atoms with Gasteiger partial charge in [0.2, 0.25) is 0 Å². The predicted molar refractivity (Wildman–Crippen MR) is 89.6 cm³/mol. The van der Waals surface area contributed by atoms with Crippen molar-refractivity contribution in [1.82, 2.24) is 9.80 Å². The molecule has 1 atom stereocenters. The molecule has 2 heterocycles. The molecule has 2 rings (SSSR count). The van der Waals surface area contributed by atoms with Gasteiger partial charge in [0.05, 0.1) is 5.92 Å². The maximum absolute atomic E-state index is 12.0. The number of alkyl halides is 3. The number of hydrogen-bond donors (Lipinski definition) is 1. The van der Waals surface area contributed by atoms with Gasteiger partial charge in [-0.1, -0.05) is 20.3 Å². The van der Waals surface area contributed by atoms with E-state index in [1.165, 1.54) is 25.8 Å².